The second kappa shape index (κ2) is 6.66. The average molecular weight is 312 g/mol. The van der Waals surface area contributed by atoms with Crippen molar-refractivity contribution in [1.29, 1.82) is 0 Å². The molecular weight excluding hydrogens is 290 g/mol. The molecule has 0 saturated carbocycles. The van der Waals surface area contributed by atoms with Crippen LogP contribution in [-0.4, -0.2) is 56.1 Å². The lowest BCUT2D eigenvalue weighted by atomic mass is 10.1. The van der Waals surface area contributed by atoms with E-state index in [9.17, 15) is 0 Å². The fourth-order valence-electron chi connectivity index (χ4n) is 2.34. The number of halogens is 1. The lowest BCUT2D eigenvalue weighted by Crippen LogP contribution is -2.53. The van der Waals surface area contributed by atoms with E-state index in [2.05, 4.69) is 69.4 Å². The van der Waals surface area contributed by atoms with Gasteiger partial charge in [-0.2, -0.15) is 0 Å². The smallest absolute Gasteiger partial charge is 0.0345 e. The molecule has 1 aliphatic rings. The molecule has 100 valence electrons. The Kier molecular flexibility index (Phi) is 5.18. The van der Waals surface area contributed by atoms with Crippen LogP contribution in [0, 0.1) is 0 Å². The third-order valence-corrected chi connectivity index (χ3v) is 4.41. The second-order valence-corrected chi connectivity index (χ2v) is 5.97. The minimum atomic E-state index is 0.617. The molecule has 1 heterocycles. The summed E-state index contributed by atoms with van der Waals surface area (Å²) in [7, 11) is 4.42. The lowest BCUT2D eigenvalue weighted by Gasteiger charge is -2.37. The molecule has 0 spiro atoms. The van der Waals surface area contributed by atoms with Gasteiger partial charge in [-0.05, 0) is 25.7 Å². The number of piperazine rings is 1. The first-order valence-corrected chi connectivity index (χ1v) is 7.29. The van der Waals surface area contributed by atoms with Crippen LogP contribution in [0.3, 0.4) is 0 Å². The van der Waals surface area contributed by atoms with E-state index < -0.39 is 0 Å². The monoisotopic (exact) mass is 311 g/mol. The summed E-state index contributed by atoms with van der Waals surface area (Å²) in [6.45, 7) is 5.46. The lowest BCUT2D eigenvalue weighted by molar-refractivity contribution is 0.113. The molecule has 1 unspecified atom stereocenters. The Labute approximate surface area is 118 Å². The van der Waals surface area contributed by atoms with Gasteiger partial charge in [0.2, 0.25) is 0 Å². The van der Waals surface area contributed by atoms with E-state index in [1.807, 2.05) is 0 Å². The van der Waals surface area contributed by atoms with Crippen LogP contribution in [0.1, 0.15) is 5.56 Å². The topological polar surface area (TPSA) is 18.5 Å². The summed E-state index contributed by atoms with van der Waals surface area (Å²) >= 11 is 3.59. The molecule has 1 N–H and O–H groups in total. The van der Waals surface area contributed by atoms with Crippen LogP contribution in [-0.2, 0) is 6.54 Å². The minimum absolute atomic E-state index is 0.617. The third kappa shape index (κ3) is 3.79. The van der Waals surface area contributed by atoms with Gasteiger partial charge < -0.3 is 10.2 Å². The maximum atomic E-state index is 3.59. The first-order chi connectivity index (χ1) is 8.66. The van der Waals surface area contributed by atoms with Gasteiger partial charge in [0.1, 0.15) is 0 Å². The number of rotatable bonds is 4. The fraction of sp³-hybridized carbons (Fsp3) is 0.571. The molecule has 1 saturated heterocycles. The summed E-state index contributed by atoms with van der Waals surface area (Å²) in [5.74, 6) is 0. The highest BCUT2D eigenvalue weighted by molar-refractivity contribution is 9.10. The van der Waals surface area contributed by atoms with E-state index in [0.717, 1.165) is 26.2 Å². The zero-order valence-electron chi connectivity index (χ0n) is 11.2. The van der Waals surface area contributed by atoms with E-state index >= 15 is 0 Å². The molecule has 0 aliphatic carbocycles. The molecule has 1 aliphatic heterocycles. The molecule has 18 heavy (non-hydrogen) atoms. The Morgan fingerprint density at radius 3 is 2.83 bits per heavy atom. The van der Waals surface area contributed by atoms with Gasteiger partial charge in [0.15, 0.2) is 0 Å². The van der Waals surface area contributed by atoms with Gasteiger partial charge >= 0.3 is 0 Å². The quantitative estimate of drug-likeness (QED) is 0.914. The summed E-state index contributed by atoms with van der Waals surface area (Å²) in [5, 5.41) is 3.56. The predicted octanol–water partition coefficient (Wildman–Crippen LogP) is 1.78. The van der Waals surface area contributed by atoms with Crippen LogP contribution in [0.25, 0.3) is 0 Å². The molecule has 4 heteroatoms. The molecule has 0 amide bonds. The summed E-state index contributed by atoms with van der Waals surface area (Å²) in [6, 6.07) is 9.01. The van der Waals surface area contributed by atoms with Gasteiger partial charge in [-0.25, -0.2) is 0 Å². The van der Waals surface area contributed by atoms with Gasteiger partial charge in [-0.1, -0.05) is 34.1 Å². The predicted molar refractivity (Wildman–Crippen MR) is 79.8 cm³/mol. The Morgan fingerprint density at radius 2 is 2.06 bits per heavy atom. The maximum Gasteiger partial charge on any atom is 0.0345 e. The Balaban J connectivity index is 1.79. The van der Waals surface area contributed by atoms with Crippen LogP contribution in [0.15, 0.2) is 28.7 Å². The Bertz CT molecular complexity index is 383. The third-order valence-electron chi connectivity index (χ3n) is 3.63. The van der Waals surface area contributed by atoms with Crippen molar-refractivity contribution in [3.8, 4) is 0 Å². The van der Waals surface area contributed by atoms with E-state index in [1.54, 1.807) is 0 Å². The van der Waals surface area contributed by atoms with E-state index in [-0.39, 0.29) is 0 Å². The van der Waals surface area contributed by atoms with Gasteiger partial charge in [-0.15, -0.1) is 0 Å². The SMILES string of the molecule is CN1CCN(C)C(CNCc2ccccc2Br)C1. The van der Waals surface area contributed by atoms with Crippen molar-refractivity contribution in [3.05, 3.63) is 34.3 Å². The molecule has 1 atom stereocenters. The maximum absolute atomic E-state index is 3.59. The number of nitrogens with one attached hydrogen (secondary N) is 1. The summed E-state index contributed by atoms with van der Waals surface area (Å²) < 4.78 is 1.19. The molecule has 1 aromatic carbocycles. The summed E-state index contributed by atoms with van der Waals surface area (Å²) in [5.41, 5.74) is 1.32. The van der Waals surface area contributed by atoms with Gasteiger partial charge in [0.05, 0.1) is 0 Å². The molecule has 2 rings (SSSR count). The van der Waals surface area contributed by atoms with Crippen LogP contribution in [0.2, 0.25) is 0 Å². The summed E-state index contributed by atoms with van der Waals surface area (Å²) in [4.78, 5) is 4.86. The molecule has 1 fully saturated rings. The number of hydrogen-bond acceptors (Lipinski definition) is 3. The Hall–Kier alpha value is -0.420. The number of nitrogens with zero attached hydrogens (tertiary/aromatic N) is 2. The van der Waals surface area contributed by atoms with E-state index in [0.29, 0.717) is 6.04 Å². The first kappa shape index (κ1) is 14.0. The van der Waals surface area contributed by atoms with Crippen LogP contribution >= 0.6 is 15.9 Å². The average Bonchev–Trinajstić information content (AvgIpc) is 2.36. The molecule has 0 radical (unpaired) electrons. The molecule has 3 nitrogen and oxygen atoms in total. The number of benzene rings is 1. The zero-order chi connectivity index (χ0) is 13.0. The van der Waals surface area contributed by atoms with Crippen molar-refractivity contribution < 1.29 is 0 Å². The van der Waals surface area contributed by atoms with E-state index in [1.165, 1.54) is 16.6 Å². The Morgan fingerprint density at radius 1 is 1.28 bits per heavy atom. The first-order valence-electron chi connectivity index (χ1n) is 6.49. The van der Waals surface area contributed by atoms with Crippen LogP contribution in [0.4, 0.5) is 0 Å². The minimum Gasteiger partial charge on any atom is -0.311 e. The number of hydrogen-bond donors (Lipinski definition) is 1. The van der Waals surface area contributed by atoms with Crippen LogP contribution in [0.5, 0.6) is 0 Å². The molecule has 0 aromatic heterocycles. The standard InChI is InChI=1S/C14H22BrN3/c1-17-7-8-18(2)13(11-17)10-16-9-12-5-3-4-6-14(12)15/h3-6,13,16H,7-11H2,1-2H3. The van der Waals surface area contributed by atoms with Gasteiger partial charge in [0.25, 0.3) is 0 Å². The van der Waals surface area contributed by atoms with Gasteiger partial charge in [0, 0.05) is 43.2 Å². The fourth-order valence-corrected chi connectivity index (χ4v) is 2.76. The highest BCUT2D eigenvalue weighted by Gasteiger charge is 2.21. The van der Waals surface area contributed by atoms with Crippen molar-refractivity contribution in [2.75, 3.05) is 40.3 Å². The van der Waals surface area contributed by atoms with Crippen molar-refractivity contribution in [3.63, 3.8) is 0 Å². The van der Waals surface area contributed by atoms with Gasteiger partial charge in [-0.3, -0.25) is 4.90 Å². The second-order valence-electron chi connectivity index (χ2n) is 5.12. The normalized spacial score (nSPS) is 22.3. The highest BCUT2D eigenvalue weighted by Crippen LogP contribution is 2.15. The molecule has 1 aromatic rings. The zero-order valence-corrected chi connectivity index (χ0v) is 12.8. The molecule has 0 bridgehead atoms. The van der Waals surface area contributed by atoms with Crippen LogP contribution < -0.4 is 5.32 Å². The van der Waals surface area contributed by atoms with Crippen molar-refractivity contribution in [2.24, 2.45) is 0 Å². The van der Waals surface area contributed by atoms with E-state index in [4.69, 9.17) is 0 Å². The van der Waals surface area contributed by atoms with Crippen molar-refractivity contribution >= 4 is 15.9 Å². The van der Waals surface area contributed by atoms with Crippen molar-refractivity contribution in [2.45, 2.75) is 12.6 Å². The van der Waals surface area contributed by atoms with Crippen molar-refractivity contribution in [1.82, 2.24) is 15.1 Å². The largest absolute Gasteiger partial charge is 0.311 e. The molecular formula is C14H22BrN3. The number of likely N-dealkylation sites (N-methyl/N-ethyl adjacent to an activating group) is 2. The highest BCUT2D eigenvalue weighted by atomic mass is 79.9. The summed E-state index contributed by atoms with van der Waals surface area (Å²) in [6.07, 6.45) is 0.